The Kier molecular flexibility index (Phi) is 3.47. The van der Waals surface area contributed by atoms with Crippen LogP contribution in [0.2, 0.25) is 0 Å². The Morgan fingerprint density at radius 3 is 2.78 bits per heavy atom. The van der Waals surface area contributed by atoms with E-state index in [-0.39, 0.29) is 17.7 Å². The van der Waals surface area contributed by atoms with Crippen molar-refractivity contribution in [3.05, 3.63) is 64.1 Å². The molecule has 0 radical (unpaired) electrons. The summed E-state index contributed by atoms with van der Waals surface area (Å²) in [5.41, 5.74) is 5.44. The molecule has 1 aromatic heterocycles. The van der Waals surface area contributed by atoms with Gasteiger partial charge in [-0.3, -0.25) is 4.79 Å². The van der Waals surface area contributed by atoms with Crippen LogP contribution in [-0.4, -0.2) is 9.78 Å². The van der Waals surface area contributed by atoms with Crippen LogP contribution < -0.4 is 11.3 Å². The summed E-state index contributed by atoms with van der Waals surface area (Å²) in [6.45, 7) is -0.0138. The smallest absolute Gasteiger partial charge is 0.266 e. The number of hydrogen-bond acceptors (Lipinski definition) is 3. The summed E-state index contributed by atoms with van der Waals surface area (Å²) in [6.07, 6.45) is 1.43. The van der Waals surface area contributed by atoms with E-state index in [0.29, 0.717) is 0 Å². The molecule has 6 heteroatoms. The van der Waals surface area contributed by atoms with Gasteiger partial charge in [0.15, 0.2) is 11.6 Å². The molecule has 1 heterocycles. The first kappa shape index (κ1) is 12.4. The van der Waals surface area contributed by atoms with E-state index < -0.39 is 17.7 Å². The highest BCUT2D eigenvalue weighted by Gasteiger charge is 2.15. The second-order valence-electron chi connectivity index (χ2n) is 3.79. The maximum atomic E-state index is 13.5. The molecule has 2 rings (SSSR count). The highest BCUT2D eigenvalue weighted by atomic mass is 19.2. The molecule has 0 aliphatic carbocycles. The summed E-state index contributed by atoms with van der Waals surface area (Å²) in [5, 5.41) is 3.80. The van der Waals surface area contributed by atoms with Gasteiger partial charge in [0.25, 0.3) is 5.56 Å². The standard InChI is InChI=1S/C12H11F2N3O/c13-9-4-1-3-8(12(9)14)10(15)7-17-11(18)5-2-6-16-17/h1-6,10H,7,15H2. The van der Waals surface area contributed by atoms with E-state index in [4.69, 9.17) is 5.73 Å². The minimum atomic E-state index is -0.992. The van der Waals surface area contributed by atoms with Crippen molar-refractivity contribution in [3.8, 4) is 0 Å². The molecule has 18 heavy (non-hydrogen) atoms. The molecule has 0 amide bonds. The van der Waals surface area contributed by atoms with Crippen molar-refractivity contribution < 1.29 is 8.78 Å². The third-order valence-electron chi connectivity index (χ3n) is 2.54. The minimum Gasteiger partial charge on any atom is -0.322 e. The van der Waals surface area contributed by atoms with Crippen molar-refractivity contribution in [2.75, 3.05) is 0 Å². The van der Waals surface area contributed by atoms with Crippen molar-refractivity contribution >= 4 is 0 Å². The molecule has 0 bridgehead atoms. The second-order valence-corrected chi connectivity index (χ2v) is 3.79. The van der Waals surface area contributed by atoms with Crippen molar-refractivity contribution in [3.63, 3.8) is 0 Å². The lowest BCUT2D eigenvalue weighted by atomic mass is 10.1. The van der Waals surface area contributed by atoms with Crippen molar-refractivity contribution in [1.82, 2.24) is 9.78 Å². The minimum absolute atomic E-state index is 0.0138. The van der Waals surface area contributed by atoms with Crippen LogP contribution >= 0.6 is 0 Å². The number of halogens is 2. The lowest BCUT2D eigenvalue weighted by molar-refractivity contribution is 0.456. The molecule has 0 spiro atoms. The fourth-order valence-corrected chi connectivity index (χ4v) is 1.62. The Bertz CT molecular complexity index is 612. The van der Waals surface area contributed by atoms with Crippen LogP contribution in [-0.2, 0) is 6.54 Å². The molecule has 94 valence electrons. The van der Waals surface area contributed by atoms with E-state index in [0.717, 1.165) is 10.7 Å². The van der Waals surface area contributed by atoms with Gasteiger partial charge in [0.05, 0.1) is 12.6 Å². The SMILES string of the molecule is NC(Cn1ncccc1=O)c1cccc(F)c1F. The molecule has 4 nitrogen and oxygen atoms in total. The van der Waals surface area contributed by atoms with Gasteiger partial charge < -0.3 is 5.73 Å². The van der Waals surface area contributed by atoms with Gasteiger partial charge in [-0.15, -0.1) is 0 Å². The lowest BCUT2D eigenvalue weighted by Gasteiger charge is -2.13. The third-order valence-corrected chi connectivity index (χ3v) is 2.54. The zero-order valence-electron chi connectivity index (χ0n) is 9.38. The first-order valence-electron chi connectivity index (χ1n) is 5.31. The predicted octanol–water partition coefficient (Wildman–Crippen LogP) is 1.22. The zero-order chi connectivity index (χ0) is 13.1. The summed E-state index contributed by atoms with van der Waals surface area (Å²) in [6, 6.07) is 5.74. The predicted molar refractivity (Wildman–Crippen MR) is 61.8 cm³/mol. The molecule has 0 fully saturated rings. The van der Waals surface area contributed by atoms with Crippen LogP contribution in [0.3, 0.4) is 0 Å². The van der Waals surface area contributed by atoms with Crippen LogP contribution in [0, 0.1) is 11.6 Å². The average molecular weight is 251 g/mol. The maximum absolute atomic E-state index is 13.5. The third kappa shape index (κ3) is 2.43. The molecule has 0 saturated carbocycles. The molecule has 2 N–H and O–H groups in total. The normalized spacial score (nSPS) is 12.4. The topological polar surface area (TPSA) is 60.9 Å². The first-order chi connectivity index (χ1) is 8.59. The van der Waals surface area contributed by atoms with Gasteiger partial charge >= 0.3 is 0 Å². The van der Waals surface area contributed by atoms with Crippen molar-refractivity contribution in [2.24, 2.45) is 5.73 Å². The van der Waals surface area contributed by atoms with E-state index in [9.17, 15) is 13.6 Å². The van der Waals surface area contributed by atoms with Crippen LogP contribution in [0.25, 0.3) is 0 Å². The van der Waals surface area contributed by atoms with Gasteiger partial charge in [-0.2, -0.15) is 5.10 Å². The van der Waals surface area contributed by atoms with Gasteiger partial charge in [-0.25, -0.2) is 13.5 Å². The Morgan fingerprint density at radius 1 is 1.28 bits per heavy atom. The fourth-order valence-electron chi connectivity index (χ4n) is 1.62. The van der Waals surface area contributed by atoms with Gasteiger partial charge in [-0.05, 0) is 12.1 Å². The monoisotopic (exact) mass is 251 g/mol. The average Bonchev–Trinajstić information content (AvgIpc) is 2.35. The Labute approximate surface area is 102 Å². The van der Waals surface area contributed by atoms with Crippen LogP contribution in [0.4, 0.5) is 8.78 Å². The molecule has 0 aliphatic heterocycles. The summed E-state index contributed by atoms with van der Waals surface area (Å²) in [5.74, 6) is -1.95. The van der Waals surface area contributed by atoms with Gasteiger partial charge in [0, 0.05) is 17.8 Å². The summed E-state index contributed by atoms with van der Waals surface area (Å²) >= 11 is 0. The van der Waals surface area contributed by atoms with E-state index in [2.05, 4.69) is 5.10 Å². The first-order valence-corrected chi connectivity index (χ1v) is 5.31. The van der Waals surface area contributed by atoms with E-state index in [1.807, 2.05) is 0 Å². The molecule has 0 saturated heterocycles. The van der Waals surface area contributed by atoms with Crippen LogP contribution in [0.5, 0.6) is 0 Å². The van der Waals surface area contributed by atoms with Gasteiger partial charge in [0.2, 0.25) is 0 Å². The van der Waals surface area contributed by atoms with Gasteiger partial charge in [0.1, 0.15) is 0 Å². The number of nitrogens with two attached hydrogens (primary N) is 1. The number of rotatable bonds is 3. The van der Waals surface area contributed by atoms with Crippen LogP contribution in [0.1, 0.15) is 11.6 Å². The largest absolute Gasteiger partial charge is 0.322 e. The van der Waals surface area contributed by atoms with Crippen molar-refractivity contribution in [1.29, 1.82) is 0 Å². The molecule has 1 aromatic carbocycles. The second kappa shape index (κ2) is 5.05. The summed E-state index contributed by atoms with van der Waals surface area (Å²) in [7, 11) is 0. The Balaban J connectivity index is 2.28. The van der Waals surface area contributed by atoms with Crippen LogP contribution in [0.15, 0.2) is 41.3 Å². The molecule has 1 atom stereocenters. The zero-order valence-corrected chi connectivity index (χ0v) is 9.38. The highest BCUT2D eigenvalue weighted by Crippen LogP contribution is 2.18. The maximum Gasteiger partial charge on any atom is 0.266 e. The molecule has 2 aromatic rings. The number of aromatic nitrogens is 2. The molecule has 1 unspecified atom stereocenters. The lowest BCUT2D eigenvalue weighted by Crippen LogP contribution is -2.28. The molecule has 0 aliphatic rings. The molecular formula is C12H11F2N3O. The van der Waals surface area contributed by atoms with Gasteiger partial charge in [-0.1, -0.05) is 12.1 Å². The number of nitrogens with zero attached hydrogens (tertiary/aromatic N) is 2. The fraction of sp³-hybridized carbons (Fsp3) is 0.167. The van der Waals surface area contributed by atoms with E-state index in [1.54, 1.807) is 0 Å². The highest BCUT2D eigenvalue weighted by molar-refractivity contribution is 5.22. The summed E-state index contributed by atoms with van der Waals surface area (Å²) in [4.78, 5) is 11.4. The van der Waals surface area contributed by atoms with E-state index in [1.165, 1.54) is 30.5 Å². The molecular weight excluding hydrogens is 240 g/mol. The Hall–Kier alpha value is -2.08. The quantitative estimate of drug-likeness (QED) is 0.892. The van der Waals surface area contributed by atoms with E-state index >= 15 is 0 Å². The Morgan fingerprint density at radius 2 is 2.06 bits per heavy atom. The number of benzene rings is 1. The summed E-state index contributed by atoms with van der Waals surface area (Å²) < 4.78 is 27.6. The van der Waals surface area contributed by atoms with Crippen molar-refractivity contribution in [2.45, 2.75) is 12.6 Å². The number of hydrogen-bond donors (Lipinski definition) is 1.